The van der Waals surface area contributed by atoms with Crippen molar-refractivity contribution in [1.82, 2.24) is 19.7 Å². The fourth-order valence-corrected chi connectivity index (χ4v) is 4.44. The van der Waals surface area contributed by atoms with Gasteiger partial charge in [0, 0.05) is 23.1 Å². The second kappa shape index (κ2) is 7.88. The second-order valence-corrected chi connectivity index (χ2v) is 8.38. The van der Waals surface area contributed by atoms with Crippen LogP contribution < -0.4 is 10.4 Å². The molecule has 33 heavy (non-hydrogen) atoms. The first kappa shape index (κ1) is 20.9. The lowest BCUT2D eigenvalue weighted by Gasteiger charge is -2.16. The van der Waals surface area contributed by atoms with Crippen LogP contribution in [0.4, 0.5) is 0 Å². The van der Waals surface area contributed by atoms with E-state index in [1.54, 1.807) is 17.9 Å². The zero-order chi connectivity index (χ0) is 23.3. The van der Waals surface area contributed by atoms with Crippen LogP contribution in [-0.4, -0.2) is 33.0 Å². The van der Waals surface area contributed by atoms with Crippen LogP contribution in [-0.2, 0) is 0 Å². The van der Waals surface area contributed by atoms with Crippen LogP contribution in [0.15, 0.2) is 56.6 Å². The Bertz CT molecular complexity index is 1510. The minimum absolute atomic E-state index is 0.210. The van der Waals surface area contributed by atoms with Crippen LogP contribution in [0.2, 0.25) is 0 Å². The smallest absolute Gasteiger partial charge is 0.327 e. The maximum absolute atomic E-state index is 13.0. The lowest BCUT2D eigenvalue weighted by atomic mass is 10.0. The number of aromatic amines is 1. The molecule has 0 saturated heterocycles. The van der Waals surface area contributed by atoms with Crippen LogP contribution in [0.5, 0.6) is 5.75 Å². The summed E-state index contributed by atoms with van der Waals surface area (Å²) in [4.78, 5) is 25.2. The monoisotopic (exact) mass is 443 g/mol. The Labute approximate surface area is 190 Å². The number of allylic oxidation sites excluding steroid dienone is 4. The van der Waals surface area contributed by atoms with Crippen molar-refractivity contribution < 1.29 is 9.26 Å². The highest BCUT2D eigenvalue weighted by Crippen LogP contribution is 2.39. The van der Waals surface area contributed by atoms with E-state index in [9.17, 15) is 4.79 Å². The number of methoxy groups -OCH3 is 1. The van der Waals surface area contributed by atoms with Crippen molar-refractivity contribution in [1.29, 1.82) is 0 Å². The maximum Gasteiger partial charge on any atom is 0.327 e. The molecule has 0 fully saturated rings. The number of pyridine rings is 1. The van der Waals surface area contributed by atoms with Crippen molar-refractivity contribution in [3.8, 4) is 16.9 Å². The van der Waals surface area contributed by atoms with Gasteiger partial charge >= 0.3 is 5.69 Å². The van der Waals surface area contributed by atoms with E-state index in [2.05, 4.69) is 33.1 Å². The van der Waals surface area contributed by atoms with Crippen molar-refractivity contribution in [2.75, 3.05) is 7.11 Å². The standard InChI is InChI=1S/C25H25N5O3/c1-13-7-6-8-19(26-11-13)15(3)30-24-17-10-22(32-5)18(23-14(2)29-33-16(23)4)9-20(17)27-12-21(24)28-25(30)31/h6-13,15H,1-5H3,(H,28,31)/t13?,15-/m1/s1. The van der Waals surface area contributed by atoms with Crippen LogP contribution in [0.3, 0.4) is 0 Å². The van der Waals surface area contributed by atoms with Gasteiger partial charge in [-0.2, -0.15) is 0 Å². The van der Waals surface area contributed by atoms with Gasteiger partial charge in [-0.15, -0.1) is 0 Å². The third kappa shape index (κ3) is 3.38. The quantitative estimate of drug-likeness (QED) is 0.485. The Hall–Kier alpha value is -3.94. The molecule has 0 saturated carbocycles. The lowest BCUT2D eigenvalue weighted by molar-refractivity contribution is 0.393. The third-order valence-electron chi connectivity index (χ3n) is 6.12. The van der Waals surface area contributed by atoms with Crippen molar-refractivity contribution in [2.45, 2.75) is 33.7 Å². The van der Waals surface area contributed by atoms with Gasteiger partial charge in [0.2, 0.25) is 0 Å². The van der Waals surface area contributed by atoms with Crippen LogP contribution in [0, 0.1) is 19.8 Å². The predicted molar refractivity (Wildman–Crippen MR) is 129 cm³/mol. The molecule has 0 bridgehead atoms. The SMILES string of the molecule is COc1cc2c(cc1-c1c(C)noc1C)ncc1[nH]c(=O)n([C@H](C)C3=CC=CC(C)C=N3)c12. The molecule has 5 rings (SSSR count). The molecular weight excluding hydrogens is 418 g/mol. The van der Waals surface area contributed by atoms with Gasteiger partial charge in [-0.05, 0) is 39.0 Å². The van der Waals surface area contributed by atoms with Gasteiger partial charge in [0.1, 0.15) is 11.5 Å². The number of H-pyrrole nitrogens is 1. The molecule has 1 aliphatic heterocycles. The van der Waals surface area contributed by atoms with Crippen LogP contribution in [0.1, 0.15) is 31.3 Å². The maximum atomic E-state index is 13.0. The Morgan fingerprint density at radius 2 is 2.09 bits per heavy atom. The molecular formula is C25H25N5O3. The Morgan fingerprint density at radius 3 is 2.82 bits per heavy atom. The molecule has 0 radical (unpaired) electrons. The van der Waals surface area contributed by atoms with Crippen molar-refractivity contribution in [3.05, 3.63) is 64.2 Å². The molecule has 0 spiro atoms. The molecule has 0 amide bonds. The number of imidazole rings is 1. The van der Waals surface area contributed by atoms with Gasteiger partial charge in [-0.3, -0.25) is 14.5 Å². The third-order valence-corrected chi connectivity index (χ3v) is 6.12. The number of fused-ring (bicyclic) bond motifs is 3. The highest BCUT2D eigenvalue weighted by molar-refractivity contribution is 6.04. The number of aryl methyl sites for hydroxylation is 2. The molecule has 3 aromatic heterocycles. The summed E-state index contributed by atoms with van der Waals surface area (Å²) in [5.41, 5.74) is 5.27. The fourth-order valence-electron chi connectivity index (χ4n) is 4.44. The zero-order valence-electron chi connectivity index (χ0n) is 19.2. The summed E-state index contributed by atoms with van der Waals surface area (Å²) in [6, 6.07) is 3.60. The molecule has 2 atom stereocenters. The number of aliphatic imine (C=N–C) groups is 1. The molecule has 1 aromatic carbocycles. The van der Waals surface area contributed by atoms with Crippen LogP contribution >= 0.6 is 0 Å². The van der Waals surface area contributed by atoms with Gasteiger partial charge in [0.15, 0.2) is 0 Å². The van der Waals surface area contributed by atoms with Crippen molar-refractivity contribution in [2.24, 2.45) is 10.9 Å². The largest absolute Gasteiger partial charge is 0.496 e. The topological polar surface area (TPSA) is 98.3 Å². The molecule has 4 aromatic rings. The summed E-state index contributed by atoms with van der Waals surface area (Å²) in [6.45, 7) is 7.82. The Balaban J connectivity index is 1.77. The molecule has 4 heterocycles. The summed E-state index contributed by atoms with van der Waals surface area (Å²) in [7, 11) is 1.63. The summed E-state index contributed by atoms with van der Waals surface area (Å²) in [5, 5.41) is 4.89. The van der Waals surface area contributed by atoms with Gasteiger partial charge in [-0.25, -0.2) is 4.79 Å². The van der Waals surface area contributed by atoms with E-state index < -0.39 is 0 Å². The summed E-state index contributed by atoms with van der Waals surface area (Å²) >= 11 is 0. The first-order valence-electron chi connectivity index (χ1n) is 10.9. The van der Waals surface area contributed by atoms with E-state index in [-0.39, 0.29) is 17.6 Å². The van der Waals surface area contributed by atoms with Gasteiger partial charge < -0.3 is 14.2 Å². The molecule has 8 nitrogen and oxygen atoms in total. The van der Waals surface area contributed by atoms with Crippen molar-refractivity contribution in [3.63, 3.8) is 0 Å². The van der Waals surface area contributed by atoms with Gasteiger partial charge in [0.25, 0.3) is 0 Å². The highest BCUT2D eigenvalue weighted by Gasteiger charge is 2.22. The minimum Gasteiger partial charge on any atom is -0.496 e. The minimum atomic E-state index is -0.281. The molecule has 1 unspecified atom stereocenters. The summed E-state index contributed by atoms with van der Waals surface area (Å²) in [6.07, 6.45) is 9.60. The summed E-state index contributed by atoms with van der Waals surface area (Å²) < 4.78 is 12.9. The summed E-state index contributed by atoms with van der Waals surface area (Å²) in [5.74, 6) is 1.60. The van der Waals surface area contributed by atoms with Crippen LogP contribution in [0.25, 0.3) is 33.1 Å². The van der Waals surface area contributed by atoms with E-state index in [0.29, 0.717) is 17.0 Å². The van der Waals surface area contributed by atoms with Crippen molar-refractivity contribution >= 4 is 28.2 Å². The molecule has 0 aliphatic carbocycles. The number of hydrogen-bond acceptors (Lipinski definition) is 6. The molecule has 8 heteroatoms. The lowest BCUT2D eigenvalue weighted by Crippen LogP contribution is -2.21. The normalized spacial score (nSPS) is 16.9. The average molecular weight is 444 g/mol. The number of nitrogens with one attached hydrogen (secondary N) is 1. The van der Waals surface area contributed by atoms with Gasteiger partial charge in [0.05, 0.1) is 52.9 Å². The van der Waals surface area contributed by atoms with E-state index in [4.69, 9.17) is 9.26 Å². The molecule has 1 N–H and O–H groups in total. The van der Waals surface area contributed by atoms with E-state index in [1.807, 2.05) is 51.3 Å². The number of rotatable bonds is 4. The zero-order valence-corrected chi connectivity index (χ0v) is 19.2. The van der Waals surface area contributed by atoms with E-state index in [0.717, 1.165) is 38.9 Å². The number of ether oxygens (including phenoxy) is 1. The fraction of sp³-hybridized carbons (Fsp3) is 0.280. The average Bonchev–Trinajstić information content (AvgIpc) is 3.22. The Kier molecular flexibility index (Phi) is 5.00. The number of nitrogens with zero attached hydrogens (tertiary/aromatic N) is 4. The number of benzene rings is 1. The second-order valence-electron chi connectivity index (χ2n) is 8.38. The van der Waals surface area contributed by atoms with E-state index in [1.165, 1.54) is 0 Å². The molecule has 168 valence electrons. The molecule has 1 aliphatic rings. The van der Waals surface area contributed by atoms with E-state index >= 15 is 0 Å². The first-order chi connectivity index (χ1) is 15.9. The number of hydrogen-bond donors (Lipinski definition) is 1. The Morgan fingerprint density at radius 1 is 1.27 bits per heavy atom. The number of aromatic nitrogens is 4. The predicted octanol–water partition coefficient (Wildman–Crippen LogP) is 4.88. The highest BCUT2D eigenvalue weighted by atomic mass is 16.5. The first-order valence-corrected chi connectivity index (χ1v) is 10.9. The van der Waals surface area contributed by atoms with Gasteiger partial charge in [-0.1, -0.05) is 24.2 Å².